The van der Waals surface area contributed by atoms with Crippen LogP contribution in [-0.4, -0.2) is 40.6 Å². The van der Waals surface area contributed by atoms with Crippen molar-refractivity contribution in [3.63, 3.8) is 0 Å². The molecule has 1 N–H and O–H groups in total. The van der Waals surface area contributed by atoms with Gasteiger partial charge >= 0.3 is 0 Å². The van der Waals surface area contributed by atoms with Gasteiger partial charge in [0.15, 0.2) is 11.5 Å². The van der Waals surface area contributed by atoms with Crippen LogP contribution in [0.4, 0.5) is 0 Å². The van der Waals surface area contributed by atoms with Crippen LogP contribution in [0.5, 0.6) is 0 Å². The van der Waals surface area contributed by atoms with Gasteiger partial charge in [-0.2, -0.15) is 4.55 Å². The average molecular weight is 190 g/mol. The summed E-state index contributed by atoms with van der Waals surface area (Å²) in [5.74, 6) is 1.96. The molecule has 0 amide bonds. The Kier molecular flexibility index (Phi) is 3.44. The first-order valence-electron chi connectivity index (χ1n) is 4.56. The predicted octanol–water partition coefficient (Wildman–Crippen LogP) is 1.44. The standard InChI is InChI=1S/C9H20NOS/c1-9(2,3)8-10-4-6-12(11)7-5-10/h11H,4-8H2,1-3H3/q+1. The van der Waals surface area contributed by atoms with Crippen LogP contribution < -0.4 is 0 Å². The normalized spacial score (nSPS) is 23.0. The second-order valence-corrected chi connectivity index (χ2v) is 6.45. The fourth-order valence-electron chi connectivity index (χ4n) is 1.51. The Morgan fingerprint density at radius 2 is 1.75 bits per heavy atom. The molecule has 1 aliphatic rings. The highest BCUT2D eigenvalue weighted by Crippen LogP contribution is 2.16. The van der Waals surface area contributed by atoms with Crippen molar-refractivity contribution in [3.05, 3.63) is 0 Å². The van der Waals surface area contributed by atoms with E-state index in [1.54, 1.807) is 0 Å². The van der Waals surface area contributed by atoms with Gasteiger partial charge in [-0.3, -0.25) is 4.90 Å². The van der Waals surface area contributed by atoms with Crippen LogP contribution in [0.2, 0.25) is 0 Å². The lowest BCUT2D eigenvalue weighted by Crippen LogP contribution is -2.43. The van der Waals surface area contributed by atoms with Crippen molar-refractivity contribution in [1.29, 1.82) is 0 Å². The molecule has 1 aliphatic heterocycles. The Bertz CT molecular complexity index is 136. The fourth-order valence-corrected chi connectivity index (χ4v) is 2.65. The third kappa shape index (κ3) is 3.78. The van der Waals surface area contributed by atoms with Gasteiger partial charge in [-0.05, 0) is 5.41 Å². The van der Waals surface area contributed by atoms with E-state index in [0.717, 1.165) is 31.1 Å². The lowest BCUT2D eigenvalue weighted by molar-refractivity contribution is 0.204. The second kappa shape index (κ2) is 3.99. The molecule has 0 aromatic heterocycles. The van der Waals surface area contributed by atoms with Gasteiger partial charge in [0.25, 0.3) is 0 Å². The minimum Gasteiger partial charge on any atom is -0.293 e. The van der Waals surface area contributed by atoms with Gasteiger partial charge < -0.3 is 0 Å². The molecule has 72 valence electrons. The minimum atomic E-state index is -0.281. The Morgan fingerprint density at radius 3 is 2.17 bits per heavy atom. The molecule has 0 radical (unpaired) electrons. The van der Waals surface area contributed by atoms with E-state index in [1.807, 2.05) is 0 Å². The predicted molar refractivity (Wildman–Crippen MR) is 55.6 cm³/mol. The van der Waals surface area contributed by atoms with E-state index in [0.29, 0.717) is 5.41 Å². The van der Waals surface area contributed by atoms with E-state index >= 15 is 0 Å². The van der Waals surface area contributed by atoms with Gasteiger partial charge in [-0.25, -0.2) is 0 Å². The molecule has 0 aliphatic carbocycles. The van der Waals surface area contributed by atoms with Gasteiger partial charge in [0.2, 0.25) is 0 Å². The monoisotopic (exact) mass is 190 g/mol. The molecule has 1 fully saturated rings. The van der Waals surface area contributed by atoms with Gasteiger partial charge in [-0.15, -0.1) is 0 Å². The molecule has 1 rings (SSSR count). The zero-order valence-corrected chi connectivity index (χ0v) is 9.15. The summed E-state index contributed by atoms with van der Waals surface area (Å²) in [7, 11) is 0. The quantitative estimate of drug-likeness (QED) is 0.632. The van der Waals surface area contributed by atoms with Crippen LogP contribution in [0.25, 0.3) is 0 Å². The summed E-state index contributed by atoms with van der Waals surface area (Å²) in [6.45, 7) is 10.1. The Morgan fingerprint density at radius 1 is 1.25 bits per heavy atom. The van der Waals surface area contributed by atoms with Crippen LogP contribution in [0.3, 0.4) is 0 Å². The highest BCUT2D eigenvalue weighted by Gasteiger charge is 2.27. The van der Waals surface area contributed by atoms with Crippen molar-refractivity contribution in [1.82, 2.24) is 4.90 Å². The molecule has 0 bridgehead atoms. The molecule has 0 atom stereocenters. The number of nitrogens with zero attached hydrogens (tertiary/aromatic N) is 1. The van der Waals surface area contributed by atoms with Crippen LogP contribution in [0.15, 0.2) is 0 Å². The third-order valence-electron chi connectivity index (χ3n) is 1.98. The number of hydrogen-bond donors (Lipinski definition) is 1. The van der Waals surface area contributed by atoms with Crippen LogP contribution >= 0.6 is 0 Å². The van der Waals surface area contributed by atoms with Crippen LogP contribution in [0, 0.1) is 5.41 Å². The number of rotatable bonds is 1. The third-order valence-corrected chi connectivity index (χ3v) is 3.29. The summed E-state index contributed by atoms with van der Waals surface area (Å²) in [6, 6.07) is 0. The summed E-state index contributed by atoms with van der Waals surface area (Å²) in [6.07, 6.45) is 0. The minimum absolute atomic E-state index is 0.281. The summed E-state index contributed by atoms with van der Waals surface area (Å²) in [5, 5.41) is 0. The summed E-state index contributed by atoms with van der Waals surface area (Å²) in [4.78, 5) is 2.46. The van der Waals surface area contributed by atoms with Crippen molar-refractivity contribution < 1.29 is 4.55 Å². The highest BCUT2D eigenvalue weighted by atomic mass is 32.2. The molecule has 3 heteroatoms. The van der Waals surface area contributed by atoms with E-state index < -0.39 is 0 Å². The van der Waals surface area contributed by atoms with Crippen molar-refractivity contribution in [2.75, 3.05) is 31.1 Å². The molecule has 0 saturated carbocycles. The zero-order chi connectivity index (χ0) is 9.19. The summed E-state index contributed by atoms with van der Waals surface area (Å²) in [5.41, 5.74) is 0.394. The molecule has 0 aromatic carbocycles. The first kappa shape index (κ1) is 10.4. The highest BCUT2D eigenvalue weighted by molar-refractivity contribution is 7.91. The fraction of sp³-hybridized carbons (Fsp3) is 1.00. The summed E-state index contributed by atoms with van der Waals surface area (Å²) < 4.78 is 9.33. The molecular formula is C9H20NOS+. The molecular weight excluding hydrogens is 170 g/mol. The maximum absolute atomic E-state index is 9.33. The molecule has 12 heavy (non-hydrogen) atoms. The molecule has 1 saturated heterocycles. The first-order valence-corrected chi connectivity index (χ1v) is 6.08. The maximum atomic E-state index is 9.33. The zero-order valence-electron chi connectivity index (χ0n) is 8.34. The topological polar surface area (TPSA) is 23.5 Å². The lowest BCUT2D eigenvalue weighted by Gasteiger charge is -2.30. The van der Waals surface area contributed by atoms with E-state index in [4.69, 9.17) is 0 Å². The van der Waals surface area contributed by atoms with Gasteiger partial charge in [0.1, 0.15) is 11.2 Å². The van der Waals surface area contributed by atoms with Crippen LogP contribution in [0.1, 0.15) is 20.8 Å². The SMILES string of the molecule is CC(C)(C)CN1CC[S+](O)CC1. The molecule has 0 unspecified atom stereocenters. The van der Waals surface area contributed by atoms with E-state index in [-0.39, 0.29) is 11.2 Å². The van der Waals surface area contributed by atoms with Crippen molar-refractivity contribution in [2.45, 2.75) is 20.8 Å². The van der Waals surface area contributed by atoms with Crippen molar-refractivity contribution in [3.8, 4) is 0 Å². The molecule has 2 nitrogen and oxygen atoms in total. The maximum Gasteiger partial charge on any atom is 0.153 e. The van der Waals surface area contributed by atoms with Crippen molar-refractivity contribution in [2.24, 2.45) is 5.41 Å². The Hall–Kier alpha value is 0.270. The smallest absolute Gasteiger partial charge is 0.153 e. The van der Waals surface area contributed by atoms with Crippen LogP contribution in [-0.2, 0) is 11.2 Å². The molecule has 0 aromatic rings. The lowest BCUT2D eigenvalue weighted by atomic mass is 9.96. The average Bonchev–Trinajstić information content (AvgIpc) is 1.91. The number of hydrogen-bond acceptors (Lipinski definition) is 2. The molecule has 1 heterocycles. The van der Waals surface area contributed by atoms with Gasteiger partial charge in [0.05, 0.1) is 0 Å². The van der Waals surface area contributed by atoms with E-state index in [1.165, 1.54) is 0 Å². The van der Waals surface area contributed by atoms with Crippen molar-refractivity contribution >= 4 is 11.2 Å². The second-order valence-electron chi connectivity index (χ2n) is 4.71. The van der Waals surface area contributed by atoms with Gasteiger partial charge in [0, 0.05) is 19.6 Å². The van der Waals surface area contributed by atoms with Gasteiger partial charge in [-0.1, -0.05) is 20.8 Å². The van der Waals surface area contributed by atoms with E-state index in [2.05, 4.69) is 25.7 Å². The van der Waals surface area contributed by atoms with E-state index in [9.17, 15) is 4.55 Å². The largest absolute Gasteiger partial charge is 0.293 e. The first-order chi connectivity index (χ1) is 5.47. The molecule has 0 spiro atoms. The summed E-state index contributed by atoms with van der Waals surface area (Å²) >= 11 is -0.281. The Balaban J connectivity index is 2.26. The Labute approximate surface area is 78.5 Å².